The van der Waals surface area contributed by atoms with Crippen molar-refractivity contribution in [1.29, 1.82) is 0 Å². The molecule has 0 aliphatic rings. The molecule has 0 aliphatic carbocycles. The van der Waals surface area contributed by atoms with Crippen LogP contribution in [0.25, 0.3) is 0 Å². The Bertz CT molecular complexity index is 294. The third kappa shape index (κ3) is 4.95. The highest BCUT2D eigenvalue weighted by molar-refractivity contribution is 5.36. The highest BCUT2D eigenvalue weighted by Crippen LogP contribution is 2.10. The van der Waals surface area contributed by atoms with E-state index in [2.05, 4.69) is 10.3 Å². The molecule has 2 N–H and O–H groups in total. The summed E-state index contributed by atoms with van der Waals surface area (Å²) in [6.45, 7) is 4.15. The number of ether oxygens (including phenoxy) is 2. The summed E-state index contributed by atoms with van der Waals surface area (Å²) >= 11 is 0. The average Bonchev–Trinajstić information content (AvgIpc) is 2.30. The molecule has 0 fully saturated rings. The van der Waals surface area contributed by atoms with Gasteiger partial charge in [0, 0.05) is 12.6 Å². The molecule has 0 radical (unpaired) electrons. The van der Waals surface area contributed by atoms with Gasteiger partial charge < -0.3 is 19.9 Å². The van der Waals surface area contributed by atoms with Crippen LogP contribution in [0.5, 0.6) is 5.88 Å². The predicted molar refractivity (Wildman–Crippen MR) is 61.8 cm³/mol. The summed E-state index contributed by atoms with van der Waals surface area (Å²) in [5.41, 5.74) is 0. The number of aromatic nitrogens is 1. The lowest BCUT2D eigenvalue weighted by molar-refractivity contribution is 0.0992. The normalized spacial score (nSPS) is 10.1. The van der Waals surface area contributed by atoms with Crippen LogP contribution in [-0.4, -0.2) is 43.1 Å². The summed E-state index contributed by atoms with van der Waals surface area (Å²) in [5, 5.41) is 11.6. The molecule has 0 atom stereocenters. The molecule has 16 heavy (non-hydrogen) atoms. The maximum atomic E-state index is 8.50. The van der Waals surface area contributed by atoms with Crippen molar-refractivity contribution in [2.24, 2.45) is 0 Å². The van der Waals surface area contributed by atoms with E-state index >= 15 is 0 Å². The number of rotatable bonds is 8. The van der Waals surface area contributed by atoms with Crippen LogP contribution in [0.3, 0.4) is 0 Å². The topological polar surface area (TPSA) is 63.6 Å². The first kappa shape index (κ1) is 12.7. The second-order valence-corrected chi connectivity index (χ2v) is 3.06. The Labute approximate surface area is 95.4 Å². The van der Waals surface area contributed by atoms with Gasteiger partial charge in [0.2, 0.25) is 5.88 Å². The Hall–Kier alpha value is -1.33. The lowest BCUT2D eigenvalue weighted by Gasteiger charge is -2.07. The SMILES string of the molecule is CCOc1cccc(NCCOCCO)n1. The summed E-state index contributed by atoms with van der Waals surface area (Å²) in [4.78, 5) is 4.24. The third-order valence-corrected chi connectivity index (χ3v) is 1.80. The van der Waals surface area contributed by atoms with E-state index < -0.39 is 0 Å². The van der Waals surface area contributed by atoms with E-state index in [4.69, 9.17) is 14.6 Å². The largest absolute Gasteiger partial charge is 0.478 e. The van der Waals surface area contributed by atoms with Crippen molar-refractivity contribution in [3.63, 3.8) is 0 Å². The van der Waals surface area contributed by atoms with E-state index in [0.29, 0.717) is 32.2 Å². The zero-order chi connectivity index (χ0) is 11.6. The lowest BCUT2D eigenvalue weighted by Crippen LogP contribution is -2.12. The van der Waals surface area contributed by atoms with Gasteiger partial charge in [-0.2, -0.15) is 4.98 Å². The summed E-state index contributed by atoms with van der Waals surface area (Å²) in [6, 6.07) is 5.57. The fourth-order valence-electron chi connectivity index (χ4n) is 1.16. The fraction of sp³-hybridized carbons (Fsp3) is 0.545. The molecule has 0 unspecified atom stereocenters. The van der Waals surface area contributed by atoms with Gasteiger partial charge in [-0.3, -0.25) is 0 Å². The Morgan fingerprint density at radius 2 is 2.25 bits per heavy atom. The van der Waals surface area contributed by atoms with Crippen LogP contribution in [0.2, 0.25) is 0 Å². The minimum atomic E-state index is 0.0536. The van der Waals surface area contributed by atoms with Crippen LogP contribution in [-0.2, 0) is 4.74 Å². The van der Waals surface area contributed by atoms with Gasteiger partial charge >= 0.3 is 0 Å². The standard InChI is InChI=1S/C11H18N2O3/c1-2-16-11-5-3-4-10(13-11)12-6-8-15-9-7-14/h3-5,14H,2,6-9H2,1H3,(H,12,13). The first-order valence-corrected chi connectivity index (χ1v) is 5.39. The number of aliphatic hydroxyl groups is 1. The van der Waals surface area contributed by atoms with Gasteiger partial charge in [0.15, 0.2) is 0 Å². The third-order valence-electron chi connectivity index (χ3n) is 1.80. The zero-order valence-electron chi connectivity index (χ0n) is 9.48. The van der Waals surface area contributed by atoms with Crippen LogP contribution in [0.4, 0.5) is 5.82 Å². The van der Waals surface area contributed by atoms with Crippen molar-refractivity contribution in [2.75, 3.05) is 38.3 Å². The van der Waals surface area contributed by atoms with Gasteiger partial charge in [-0.15, -0.1) is 0 Å². The van der Waals surface area contributed by atoms with E-state index in [9.17, 15) is 0 Å². The van der Waals surface area contributed by atoms with Crippen molar-refractivity contribution in [1.82, 2.24) is 4.98 Å². The number of nitrogens with one attached hydrogen (secondary N) is 1. The molecule has 1 rings (SSSR count). The predicted octanol–water partition coefficient (Wildman–Crippen LogP) is 0.901. The van der Waals surface area contributed by atoms with Crippen LogP contribution in [0.1, 0.15) is 6.92 Å². The van der Waals surface area contributed by atoms with Crippen molar-refractivity contribution >= 4 is 5.82 Å². The van der Waals surface area contributed by atoms with E-state index in [0.717, 1.165) is 5.82 Å². The van der Waals surface area contributed by atoms with Crippen LogP contribution in [0.15, 0.2) is 18.2 Å². The fourth-order valence-corrected chi connectivity index (χ4v) is 1.16. The van der Waals surface area contributed by atoms with Crippen molar-refractivity contribution in [3.8, 4) is 5.88 Å². The molecule has 5 heteroatoms. The first-order chi connectivity index (χ1) is 7.86. The summed E-state index contributed by atoms with van der Waals surface area (Å²) in [6.07, 6.45) is 0. The zero-order valence-corrected chi connectivity index (χ0v) is 9.48. The van der Waals surface area contributed by atoms with Gasteiger partial charge in [0.1, 0.15) is 5.82 Å². The minimum absolute atomic E-state index is 0.0536. The highest BCUT2D eigenvalue weighted by Gasteiger charge is 1.96. The quantitative estimate of drug-likeness (QED) is 0.645. The Morgan fingerprint density at radius 3 is 3.00 bits per heavy atom. The summed E-state index contributed by atoms with van der Waals surface area (Å²) in [5.74, 6) is 1.38. The first-order valence-electron chi connectivity index (χ1n) is 5.39. The van der Waals surface area contributed by atoms with Gasteiger partial charge in [0.05, 0.1) is 26.4 Å². The van der Waals surface area contributed by atoms with Gasteiger partial charge in [-0.05, 0) is 13.0 Å². The highest BCUT2D eigenvalue weighted by atomic mass is 16.5. The van der Waals surface area contributed by atoms with Crippen LogP contribution < -0.4 is 10.1 Å². The smallest absolute Gasteiger partial charge is 0.215 e. The Morgan fingerprint density at radius 1 is 1.38 bits per heavy atom. The average molecular weight is 226 g/mol. The molecule has 0 amide bonds. The van der Waals surface area contributed by atoms with Gasteiger partial charge in [-0.25, -0.2) is 0 Å². The maximum absolute atomic E-state index is 8.50. The summed E-state index contributed by atoms with van der Waals surface area (Å²) < 4.78 is 10.4. The molecule has 0 spiro atoms. The van der Waals surface area contributed by atoms with E-state index in [1.165, 1.54) is 0 Å². The molecule has 0 aromatic carbocycles. The molecule has 90 valence electrons. The Kier molecular flexibility index (Phi) is 6.29. The maximum Gasteiger partial charge on any atom is 0.215 e. The number of hydrogen-bond acceptors (Lipinski definition) is 5. The molecule has 5 nitrogen and oxygen atoms in total. The van der Waals surface area contributed by atoms with Crippen molar-refractivity contribution in [2.45, 2.75) is 6.92 Å². The van der Waals surface area contributed by atoms with Crippen LogP contribution in [0, 0.1) is 0 Å². The molecule has 0 bridgehead atoms. The number of pyridine rings is 1. The Balaban J connectivity index is 2.27. The summed E-state index contributed by atoms with van der Waals surface area (Å²) in [7, 11) is 0. The van der Waals surface area contributed by atoms with Crippen molar-refractivity contribution in [3.05, 3.63) is 18.2 Å². The number of nitrogens with zero attached hydrogens (tertiary/aromatic N) is 1. The van der Waals surface area contributed by atoms with Crippen LogP contribution >= 0.6 is 0 Å². The second kappa shape index (κ2) is 7.90. The molecule has 0 saturated heterocycles. The van der Waals surface area contributed by atoms with E-state index in [1.54, 1.807) is 0 Å². The molecule has 1 aromatic heterocycles. The monoisotopic (exact) mass is 226 g/mol. The van der Waals surface area contributed by atoms with Crippen molar-refractivity contribution < 1.29 is 14.6 Å². The molecule has 0 saturated carbocycles. The van der Waals surface area contributed by atoms with Gasteiger partial charge in [0.25, 0.3) is 0 Å². The molecular formula is C11H18N2O3. The molecular weight excluding hydrogens is 208 g/mol. The lowest BCUT2D eigenvalue weighted by atomic mass is 10.4. The van der Waals surface area contributed by atoms with Gasteiger partial charge in [-0.1, -0.05) is 6.07 Å². The molecule has 1 aromatic rings. The number of hydrogen-bond donors (Lipinski definition) is 2. The van der Waals surface area contributed by atoms with E-state index in [-0.39, 0.29) is 6.61 Å². The number of aliphatic hydroxyl groups excluding tert-OH is 1. The minimum Gasteiger partial charge on any atom is -0.478 e. The molecule has 1 heterocycles. The van der Waals surface area contributed by atoms with E-state index in [1.807, 2.05) is 25.1 Å². The number of anilines is 1. The second-order valence-electron chi connectivity index (χ2n) is 3.06. The molecule has 0 aliphatic heterocycles.